The number of hydrogen-bond acceptors (Lipinski definition) is 3. The molecule has 0 unspecified atom stereocenters. The molecule has 3 nitrogen and oxygen atoms in total. The highest BCUT2D eigenvalue weighted by molar-refractivity contribution is 6.36. The first-order valence-corrected chi connectivity index (χ1v) is 4.62. The fourth-order valence-electron chi connectivity index (χ4n) is 1.24. The number of rotatable bonds is 1. The Morgan fingerprint density at radius 1 is 1.29 bits per heavy atom. The van der Waals surface area contributed by atoms with Gasteiger partial charge in [-0.3, -0.25) is 0 Å². The first-order valence-electron chi connectivity index (χ1n) is 3.87. The average Bonchev–Trinajstić information content (AvgIpc) is 2.17. The van der Waals surface area contributed by atoms with Gasteiger partial charge in [-0.15, -0.1) is 0 Å². The quantitative estimate of drug-likeness (QED) is 0.705. The smallest absolute Gasteiger partial charge is 0.221 e. The molecule has 14 heavy (non-hydrogen) atoms. The highest BCUT2D eigenvalue weighted by Gasteiger charge is 2.07. The summed E-state index contributed by atoms with van der Waals surface area (Å²) in [5.74, 6) is 0.494. The lowest BCUT2D eigenvalue weighted by molar-refractivity contribution is 0.403. The molecule has 0 fully saturated rings. The Morgan fingerprint density at radius 2 is 2.07 bits per heavy atom. The van der Waals surface area contributed by atoms with Gasteiger partial charge >= 0.3 is 0 Å². The van der Waals surface area contributed by atoms with Gasteiger partial charge in [-0.2, -0.15) is 0 Å². The molecule has 0 spiro atoms. The van der Waals surface area contributed by atoms with E-state index >= 15 is 0 Å². The molecular formula is C9H6Cl2N2O. The molecular weight excluding hydrogens is 223 g/mol. The summed E-state index contributed by atoms with van der Waals surface area (Å²) in [4.78, 5) is 7.97. The van der Waals surface area contributed by atoms with Gasteiger partial charge in [-0.25, -0.2) is 9.97 Å². The van der Waals surface area contributed by atoms with Gasteiger partial charge in [0.05, 0.1) is 12.5 Å². The third kappa shape index (κ3) is 1.49. The van der Waals surface area contributed by atoms with Crippen molar-refractivity contribution < 1.29 is 4.74 Å². The van der Waals surface area contributed by atoms with Gasteiger partial charge in [0.15, 0.2) is 0 Å². The van der Waals surface area contributed by atoms with Crippen molar-refractivity contribution in [1.29, 1.82) is 0 Å². The highest BCUT2D eigenvalue weighted by atomic mass is 35.5. The number of halogens is 2. The third-order valence-corrected chi connectivity index (χ3v) is 2.32. The Balaban J connectivity index is 2.86. The van der Waals surface area contributed by atoms with Crippen LogP contribution < -0.4 is 4.74 Å². The van der Waals surface area contributed by atoms with E-state index in [1.807, 2.05) is 0 Å². The van der Waals surface area contributed by atoms with Crippen LogP contribution >= 0.6 is 23.2 Å². The summed E-state index contributed by atoms with van der Waals surface area (Å²) in [6.45, 7) is 0. The van der Waals surface area contributed by atoms with Crippen molar-refractivity contribution in [2.75, 3.05) is 7.11 Å². The van der Waals surface area contributed by atoms with Gasteiger partial charge in [-0.05, 0) is 12.1 Å². The van der Waals surface area contributed by atoms with Gasteiger partial charge in [0.1, 0.15) is 10.3 Å². The number of hydrogen-bond donors (Lipinski definition) is 0. The van der Waals surface area contributed by atoms with Crippen LogP contribution in [0.15, 0.2) is 18.3 Å². The van der Waals surface area contributed by atoms with Crippen molar-refractivity contribution >= 4 is 34.0 Å². The summed E-state index contributed by atoms with van der Waals surface area (Å²) in [6.07, 6.45) is 1.61. The standard InChI is InChI=1S/C9H6Cl2N2O/c1-14-9-6-4-7(10)13-8(11)5(6)2-3-12-9/h2-4H,1H3. The van der Waals surface area contributed by atoms with E-state index in [0.29, 0.717) is 16.2 Å². The molecule has 2 aromatic rings. The lowest BCUT2D eigenvalue weighted by atomic mass is 10.2. The summed E-state index contributed by atoms with van der Waals surface area (Å²) in [5.41, 5.74) is 0. The van der Waals surface area contributed by atoms with Gasteiger partial charge in [-0.1, -0.05) is 23.2 Å². The molecule has 72 valence electrons. The normalized spacial score (nSPS) is 10.5. The van der Waals surface area contributed by atoms with Crippen molar-refractivity contribution in [3.8, 4) is 5.88 Å². The second kappa shape index (κ2) is 3.59. The second-order valence-corrected chi connectivity index (χ2v) is 3.40. The van der Waals surface area contributed by atoms with E-state index in [1.165, 1.54) is 0 Å². The molecule has 0 saturated carbocycles. The summed E-state index contributed by atoms with van der Waals surface area (Å²) in [7, 11) is 1.55. The molecule has 0 aromatic carbocycles. The molecule has 0 bridgehead atoms. The predicted molar refractivity (Wildman–Crippen MR) is 56.1 cm³/mol. The summed E-state index contributed by atoms with van der Waals surface area (Å²) >= 11 is 11.7. The molecule has 0 aliphatic heterocycles. The minimum Gasteiger partial charge on any atom is -0.481 e. The molecule has 0 saturated heterocycles. The maximum absolute atomic E-state index is 5.91. The van der Waals surface area contributed by atoms with E-state index in [1.54, 1.807) is 25.4 Å². The molecule has 2 rings (SSSR count). The Hall–Kier alpha value is -1.06. The summed E-state index contributed by atoms with van der Waals surface area (Å²) in [5, 5.41) is 2.23. The zero-order valence-corrected chi connectivity index (χ0v) is 8.80. The first-order chi connectivity index (χ1) is 6.72. The number of methoxy groups -OCH3 is 1. The van der Waals surface area contributed by atoms with Crippen LogP contribution in [0, 0.1) is 0 Å². The van der Waals surface area contributed by atoms with Crippen LogP contribution in [0.4, 0.5) is 0 Å². The van der Waals surface area contributed by atoms with Crippen LogP contribution in [-0.2, 0) is 0 Å². The fraction of sp³-hybridized carbons (Fsp3) is 0.111. The highest BCUT2D eigenvalue weighted by Crippen LogP contribution is 2.29. The molecule has 0 atom stereocenters. The van der Waals surface area contributed by atoms with Crippen molar-refractivity contribution in [1.82, 2.24) is 9.97 Å². The van der Waals surface area contributed by atoms with Crippen LogP contribution in [0.3, 0.4) is 0 Å². The van der Waals surface area contributed by atoms with Crippen LogP contribution in [0.25, 0.3) is 10.8 Å². The minimum absolute atomic E-state index is 0.328. The maximum atomic E-state index is 5.91. The molecule has 5 heteroatoms. The molecule has 0 aliphatic rings. The van der Waals surface area contributed by atoms with Gasteiger partial charge in [0.25, 0.3) is 0 Å². The van der Waals surface area contributed by atoms with Crippen molar-refractivity contribution in [3.05, 3.63) is 28.6 Å². The largest absolute Gasteiger partial charge is 0.481 e. The molecule has 0 aliphatic carbocycles. The van der Waals surface area contributed by atoms with E-state index < -0.39 is 0 Å². The zero-order valence-electron chi connectivity index (χ0n) is 7.29. The topological polar surface area (TPSA) is 35.0 Å². The molecule has 2 aromatic heterocycles. The van der Waals surface area contributed by atoms with Crippen LogP contribution in [0.5, 0.6) is 5.88 Å². The maximum Gasteiger partial charge on any atom is 0.221 e. The lowest BCUT2D eigenvalue weighted by Gasteiger charge is -2.04. The van der Waals surface area contributed by atoms with Crippen molar-refractivity contribution in [2.45, 2.75) is 0 Å². The van der Waals surface area contributed by atoms with Gasteiger partial charge < -0.3 is 4.74 Å². The van der Waals surface area contributed by atoms with E-state index in [-0.39, 0.29) is 0 Å². The lowest BCUT2D eigenvalue weighted by Crippen LogP contribution is -1.90. The van der Waals surface area contributed by atoms with Gasteiger partial charge in [0, 0.05) is 11.6 Å². The number of pyridine rings is 2. The Bertz CT molecular complexity index is 487. The predicted octanol–water partition coefficient (Wildman–Crippen LogP) is 2.95. The van der Waals surface area contributed by atoms with Crippen LogP contribution in [-0.4, -0.2) is 17.1 Å². The first kappa shape index (κ1) is 9.49. The molecule has 0 amide bonds. The zero-order chi connectivity index (χ0) is 10.1. The summed E-state index contributed by atoms with van der Waals surface area (Å²) < 4.78 is 5.08. The number of aromatic nitrogens is 2. The van der Waals surface area contributed by atoms with E-state index in [2.05, 4.69) is 9.97 Å². The fourth-order valence-corrected chi connectivity index (χ4v) is 1.73. The average molecular weight is 229 g/mol. The third-order valence-electron chi connectivity index (χ3n) is 1.84. The number of nitrogens with zero attached hydrogens (tertiary/aromatic N) is 2. The molecule has 0 N–H and O–H groups in total. The van der Waals surface area contributed by atoms with Crippen molar-refractivity contribution in [2.24, 2.45) is 0 Å². The number of ether oxygens (including phenoxy) is 1. The Kier molecular flexibility index (Phi) is 2.44. The van der Waals surface area contributed by atoms with Crippen LogP contribution in [0.1, 0.15) is 0 Å². The van der Waals surface area contributed by atoms with E-state index in [9.17, 15) is 0 Å². The molecule has 2 heterocycles. The van der Waals surface area contributed by atoms with Crippen molar-refractivity contribution in [3.63, 3.8) is 0 Å². The second-order valence-electron chi connectivity index (χ2n) is 2.65. The number of fused-ring (bicyclic) bond motifs is 1. The van der Waals surface area contributed by atoms with Crippen LogP contribution in [0.2, 0.25) is 10.3 Å². The minimum atomic E-state index is 0.328. The molecule has 0 radical (unpaired) electrons. The van der Waals surface area contributed by atoms with E-state index in [4.69, 9.17) is 27.9 Å². The monoisotopic (exact) mass is 228 g/mol. The van der Waals surface area contributed by atoms with E-state index in [0.717, 1.165) is 10.8 Å². The summed E-state index contributed by atoms with van der Waals surface area (Å²) in [6, 6.07) is 3.44. The Labute approximate surface area is 90.6 Å². The van der Waals surface area contributed by atoms with Gasteiger partial charge in [0.2, 0.25) is 5.88 Å². The SMILES string of the molecule is COc1nccc2c(Cl)nc(Cl)cc12. The Morgan fingerprint density at radius 3 is 2.79 bits per heavy atom.